The van der Waals surface area contributed by atoms with Gasteiger partial charge >= 0.3 is 5.97 Å². The summed E-state index contributed by atoms with van der Waals surface area (Å²) in [6.45, 7) is 5.65. The third-order valence-electron chi connectivity index (χ3n) is 2.38. The fourth-order valence-corrected chi connectivity index (χ4v) is 1.31. The van der Waals surface area contributed by atoms with Crippen LogP contribution in [0.5, 0.6) is 0 Å². The van der Waals surface area contributed by atoms with Crippen molar-refractivity contribution in [3.05, 3.63) is 0 Å². The van der Waals surface area contributed by atoms with Crippen molar-refractivity contribution in [2.24, 2.45) is 0 Å². The molecule has 2 atom stereocenters. The molecule has 5 nitrogen and oxygen atoms in total. The predicted molar refractivity (Wildman–Crippen MR) is 59.1 cm³/mol. The molecule has 0 aliphatic heterocycles. The highest BCUT2D eigenvalue weighted by molar-refractivity contribution is 5.73. The minimum Gasteiger partial charge on any atom is -0.480 e. The Morgan fingerprint density at radius 3 is 2.60 bits per heavy atom. The molecule has 15 heavy (non-hydrogen) atoms. The van der Waals surface area contributed by atoms with Crippen LogP contribution >= 0.6 is 0 Å². The van der Waals surface area contributed by atoms with Crippen LogP contribution in [0.1, 0.15) is 13.8 Å². The van der Waals surface area contributed by atoms with Crippen molar-refractivity contribution in [2.75, 3.05) is 33.9 Å². The largest absolute Gasteiger partial charge is 0.480 e. The minimum absolute atomic E-state index is 0.218. The summed E-state index contributed by atoms with van der Waals surface area (Å²) in [6, 6.07) is -0.296. The third-order valence-corrected chi connectivity index (χ3v) is 2.38. The van der Waals surface area contributed by atoms with Crippen molar-refractivity contribution in [3.63, 3.8) is 0 Å². The van der Waals surface area contributed by atoms with Crippen molar-refractivity contribution in [1.82, 2.24) is 10.2 Å². The van der Waals surface area contributed by atoms with Gasteiger partial charge in [-0.25, -0.2) is 0 Å². The van der Waals surface area contributed by atoms with E-state index in [1.165, 1.54) is 0 Å². The van der Waals surface area contributed by atoms with E-state index in [1.807, 2.05) is 25.8 Å². The van der Waals surface area contributed by atoms with Crippen LogP contribution in [0.15, 0.2) is 0 Å². The number of hydrogen-bond donors (Lipinski definition) is 2. The molecule has 90 valence electrons. The number of aliphatic carboxylic acids is 1. The van der Waals surface area contributed by atoms with Gasteiger partial charge in [-0.15, -0.1) is 0 Å². The molecule has 0 heterocycles. The number of rotatable bonds is 8. The van der Waals surface area contributed by atoms with E-state index in [1.54, 1.807) is 7.11 Å². The van der Waals surface area contributed by atoms with Gasteiger partial charge in [-0.05, 0) is 20.5 Å². The van der Waals surface area contributed by atoms with E-state index < -0.39 is 12.0 Å². The van der Waals surface area contributed by atoms with Crippen molar-refractivity contribution < 1.29 is 14.6 Å². The minimum atomic E-state index is -0.812. The average Bonchev–Trinajstić information content (AvgIpc) is 2.17. The first-order valence-electron chi connectivity index (χ1n) is 5.18. The number of likely N-dealkylation sites (N-methyl/N-ethyl adjacent to an activating group) is 2. The van der Waals surface area contributed by atoms with Crippen LogP contribution in [0.3, 0.4) is 0 Å². The molecular formula is C10H22N2O3. The van der Waals surface area contributed by atoms with Gasteiger partial charge in [0.2, 0.25) is 0 Å². The number of nitrogens with one attached hydrogen (secondary N) is 1. The van der Waals surface area contributed by atoms with Crippen molar-refractivity contribution in [2.45, 2.75) is 25.9 Å². The Balaban J connectivity index is 4.09. The zero-order chi connectivity index (χ0) is 11.8. The highest BCUT2D eigenvalue weighted by atomic mass is 16.5. The Bertz CT molecular complexity index is 188. The second-order valence-corrected chi connectivity index (χ2v) is 3.69. The molecule has 0 fully saturated rings. The maximum absolute atomic E-state index is 10.9. The van der Waals surface area contributed by atoms with Gasteiger partial charge in [0.15, 0.2) is 0 Å². The second-order valence-electron chi connectivity index (χ2n) is 3.69. The predicted octanol–water partition coefficient (Wildman–Crippen LogP) is 0.0158. The van der Waals surface area contributed by atoms with Crippen LogP contribution in [0.25, 0.3) is 0 Å². The maximum atomic E-state index is 10.9. The summed E-state index contributed by atoms with van der Waals surface area (Å²) in [6.07, 6.45) is 0. The standard InChI is InChI=1S/C10H22N2O3/c1-5-11-9(10(13)14)6-12(3)8(2)7-15-4/h8-9,11H,5-7H2,1-4H3,(H,13,14). The number of carbonyl (C=O) groups is 1. The molecule has 0 saturated heterocycles. The first-order valence-corrected chi connectivity index (χ1v) is 5.18. The van der Waals surface area contributed by atoms with Crippen molar-refractivity contribution in [1.29, 1.82) is 0 Å². The van der Waals surface area contributed by atoms with E-state index in [-0.39, 0.29) is 6.04 Å². The van der Waals surface area contributed by atoms with Gasteiger partial charge in [0.25, 0.3) is 0 Å². The van der Waals surface area contributed by atoms with E-state index in [0.717, 1.165) is 0 Å². The molecule has 0 radical (unpaired) electrons. The molecule has 0 aliphatic carbocycles. The molecular weight excluding hydrogens is 196 g/mol. The van der Waals surface area contributed by atoms with E-state index in [4.69, 9.17) is 9.84 Å². The lowest BCUT2D eigenvalue weighted by Crippen LogP contribution is -2.48. The summed E-state index contributed by atoms with van der Waals surface area (Å²) in [5.74, 6) is -0.812. The number of nitrogens with zero attached hydrogens (tertiary/aromatic N) is 1. The molecule has 0 amide bonds. The molecule has 5 heteroatoms. The van der Waals surface area contributed by atoms with Gasteiger partial charge in [0, 0.05) is 19.7 Å². The van der Waals surface area contributed by atoms with Crippen LogP contribution < -0.4 is 5.32 Å². The maximum Gasteiger partial charge on any atom is 0.322 e. The normalized spacial score (nSPS) is 15.3. The fraction of sp³-hybridized carbons (Fsp3) is 0.900. The Hall–Kier alpha value is -0.650. The third kappa shape index (κ3) is 5.71. The lowest BCUT2D eigenvalue weighted by atomic mass is 10.2. The van der Waals surface area contributed by atoms with Gasteiger partial charge in [-0.1, -0.05) is 6.92 Å². The quantitative estimate of drug-likeness (QED) is 0.601. The van der Waals surface area contributed by atoms with Gasteiger partial charge in [0.05, 0.1) is 6.61 Å². The number of carboxylic acids is 1. The van der Waals surface area contributed by atoms with Crippen LogP contribution in [0.2, 0.25) is 0 Å². The number of hydrogen-bond acceptors (Lipinski definition) is 4. The molecule has 2 unspecified atom stereocenters. The van der Waals surface area contributed by atoms with Gasteiger partial charge < -0.3 is 15.2 Å². The van der Waals surface area contributed by atoms with E-state index in [2.05, 4.69) is 5.32 Å². The van der Waals surface area contributed by atoms with Crippen molar-refractivity contribution >= 4 is 5.97 Å². The Labute approximate surface area is 91.4 Å². The average molecular weight is 218 g/mol. The lowest BCUT2D eigenvalue weighted by molar-refractivity contribution is -0.140. The molecule has 0 saturated carbocycles. The summed E-state index contributed by atoms with van der Waals surface area (Å²) in [5, 5.41) is 11.9. The zero-order valence-corrected chi connectivity index (χ0v) is 9.99. The van der Waals surface area contributed by atoms with Crippen LogP contribution in [-0.4, -0.2) is 61.9 Å². The summed E-state index contributed by atoms with van der Waals surface area (Å²) >= 11 is 0. The highest BCUT2D eigenvalue weighted by Gasteiger charge is 2.20. The van der Waals surface area contributed by atoms with Crippen LogP contribution in [0.4, 0.5) is 0 Å². The number of carboxylic acid groups (broad SMARTS) is 1. The van der Waals surface area contributed by atoms with Gasteiger partial charge in [-0.2, -0.15) is 0 Å². The first kappa shape index (κ1) is 14.3. The Morgan fingerprint density at radius 2 is 2.20 bits per heavy atom. The second kappa shape index (κ2) is 7.62. The smallest absolute Gasteiger partial charge is 0.322 e. The van der Waals surface area contributed by atoms with E-state index in [9.17, 15) is 4.79 Å². The molecule has 0 bridgehead atoms. The van der Waals surface area contributed by atoms with Gasteiger partial charge in [0.1, 0.15) is 6.04 Å². The summed E-state index contributed by atoms with van der Waals surface area (Å²) in [4.78, 5) is 12.9. The molecule has 0 aromatic rings. The van der Waals surface area contributed by atoms with Crippen LogP contribution in [0, 0.1) is 0 Å². The van der Waals surface area contributed by atoms with Crippen LogP contribution in [-0.2, 0) is 9.53 Å². The summed E-state index contributed by atoms with van der Waals surface area (Å²) in [7, 11) is 3.54. The molecule has 0 aliphatic rings. The Morgan fingerprint density at radius 1 is 1.60 bits per heavy atom. The number of ether oxygens (including phenoxy) is 1. The molecule has 0 aromatic carbocycles. The highest BCUT2D eigenvalue weighted by Crippen LogP contribution is 1.98. The molecule has 0 rings (SSSR count). The molecule has 2 N–H and O–H groups in total. The molecule has 0 aromatic heterocycles. The van der Waals surface area contributed by atoms with E-state index in [0.29, 0.717) is 19.7 Å². The summed E-state index contributed by atoms with van der Waals surface area (Å²) in [5.41, 5.74) is 0. The number of methoxy groups -OCH3 is 1. The van der Waals surface area contributed by atoms with E-state index >= 15 is 0 Å². The fourth-order valence-electron chi connectivity index (χ4n) is 1.31. The lowest BCUT2D eigenvalue weighted by Gasteiger charge is -2.27. The SMILES string of the molecule is CCNC(CN(C)C(C)COC)C(=O)O. The monoisotopic (exact) mass is 218 g/mol. The zero-order valence-electron chi connectivity index (χ0n) is 9.99. The molecule has 0 spiro atoms. The van der Waals surface area contributed by atoms with Gasteiger partial charge in [-0.3, -0.25) is 9.69 Å². The summed E-state index contributed by atoms with van der Waals surface area (Å²) < 4.78 is 5.02. The topological polar surface area (TPSA) is 61.8 Å². The first-order chi connectivity index (χ1) is 7.02. The Kier molecular flexibility index (Phi) is 7.29. The van der Waals surface area contributed by atoms with Crippen molar-refractivity contribution in [3.8, 4) is 0 Å².